The standard InChI is InChI=1S/C28H32N2O5/c1-3-17-35-23-11-9-22(10-12-23)26(31)24-25(21-7-5-20(2)6-8-21)30(28(33)27(24)32)14-4-13-29-15-18-34-19-16-29/h3,5-12,25,31H,1,4,13-19H2,2H3/t25-/m1/s1. The molecule has 184 valence electrons. The van der Waals surface area contributed by atoms with Crippen molar-refractivity contribution in [1.29, 1.82) is 0 Å². The summed E-state index contributed by atoms with van der Waals surface area (Å²) in [6.45, 7) is 10.4. The van der Waals surface area contributed by atoms with Crippen molar-refractivity contribution in [3.8, 4) is 5.75 Å². The lowest BCUT2D eigenvalue weighted by atomic mass is 9.94. The van der Waals surface area contributed by atoms with Crippen LogP contribution in [0.3, 0.4) is 0 Å². The molecule has 0 aromatic heterocycles. The van der Waals surface area contributed by atoms with Crippen LogP contribution in [0.25, 0.3) is 5.76 Å². The van der Waals surface area contributed by atoms with Gasteiger partial charge in [-0.05, 0) is 43.2 Å². The van der Waals surface area contributed by atoms with E-state index >= 15 is 0 Å². The number of morpholine rings is 1. The Balaban J connectivity index is 1.63. The Morgan fingerprint density at radius 1 is 1.09 bits per heavy atom. The van der Waals surface area contributed by atoms with Crippen LogP contribution in [0.15, 0.2) is 66.8 Å². The first-order chi connectivity index (χ1) is 17.0. The van der Waals surface area contributed by atoms with E-state index in [1.807, 2.05) is 31.2 Å². The number of amides is 1. The maximum absolute atomic E-state index is 13.2. The molecule has 35 heavy (non-hydrogen) atoms. The minimum absolute atomic E-state index is 0.116. The Kier molecular flexibility index (Phi) is 8.00. The van der Waals surface area contributed by atoms with Crippen LogP contribution >= 0.6 is 0 Å². The lowest BCUT2D eigenvalue weighted by molar-refractivity contribution is -0.140. The van der Waals surface area contributed by atoms with Gasteiger partial charge in [0.2, 0.25) is 0 Å². The number of nitrogens with zero attached hydrogens (tertiary/aromatic N) is 2. The zero-order valence-corrected chi connectivity index (χ0v) is 20.1. The molecule has 2 fully saturated rings. The van der Waals surface area contributed by atoms with E-state index in [-0.39, 0.29) is 11.3 Å². The Bertz CT molecular complexity index is 1090. The van der Waals surface area contributed by atoms with Gasteiger partial charge in [0.1, 0.15) is 18.1 Å². The van der Waals surface area contributed by atoms with Gasteiger partial charge in [0.15, 0.2) is 0 Å². The quantitative estimate of drug-likeness (QED) is 0.257. The first-order valence-corrected chi connectivity index (χ1v) is 12.0. The first kappa shape index (κ1) is 24.7. The number of Topliss-reactive ketones (excluding diaryl/α,β-unsaturated/α-hetero) is 1. The molecule has 0 aliphatic carbocycles. The van der Waals surface area contributed by atoms with E-state index < -0.39 is 17.7 Å². The zero-order valence-electron chi connectivity index (χ0n) is 20.1. The predicted molar refractivity (Wildman–Crippen MR) is 134 cm³/mol. The summed E-state index contributed by atoms with van der Waals surface area (Å²) < 4.78 is 10.9. The fraction of sp³-hybridized carbons (Fsp3) is 0.357. The van der Waals surface area contributed by atoms with Gasteiger partial charge in [-0.25, -0.2) is 0 Å². The molecule has 7 heteroatoms. The Morgan fingerprint density at radius 2 is 1.77 bits per heavy atom. The molecule has 7 nitrogen and oxygen atoms in total. The second-order valence-electron chi connectivity index (χ2n) is 8.83. The first-order valence-electron chi connectivity index (χ1n) is 12.0. The molecule has 0 unspecified atom stereocenters. The highest BCUT2D eigenvalue weighted by Crippen LogP contribution is 2.39. The van der Waals surface area contributed by atoms with Crippen LogP contribution < -0.4 is 4.74 Å². The summed E-state index contributed by atoms with van der Waals surface area (Å²) >= 11 is 0. The number of hydrogen-bond acceptors (Lipinski definition) is 6. The van der Waals surface area contributed by atoms with Crippen molar-refractivity contribution in [3.63, 3.8) is 0 Å². The van der Waals surface area contributed by atoms with Crippen LogP contribution in [0, 0.1) is 6.92 Å². The minimum Gasteiger partial charge on any atom is -0.507 e. The van der Waals surface area contributed by atoms with Crippen LogP contribution in [-0.2, 0) is 14.3 Å². The number of aryl methyl sites for hydroxylation is 1. The summed E-state index contributed by atoms with van der Waals surface area (Å²) in [5.41, 5.74) is 2.45. The number of likely N-dealkylation sites (tertiary alicyclic amines) is 1. The molecular formula is C28H32N2O5. The fourth-order valence-electron chi connectivity index (χ4n) is 4.52. The average Bonchev–Trinajstić information content (AvgIpc) is 3.13. The van der Waals surface area contributed by atoms with E-state index in [1.165, 1.54) is 0 Å². The summed E-state index contributed by atoms with van der Waals surface area (Å²) in [5, 5.41) is 11.2. The van der Waals surface area contributed by atoms with E-state index in [4.69, 9.17) is 9.47 Å². The van der Waals surface area contributed by atoms with Gasteiger partial charge in [0.25, 0.3) is 11.7 Å². The van der Waals surface area contributed by atoms with Crippen molar-refractivity contribution in [1.82, 2.24) is 9.80 Å². The Hall–Kier alpha value is -3.42. The summed E-state index contributed by atoms with van der Waals surface area (Å²) in [6.07, 6.45) is 2.38. The summed E-state index contributed by atoms with van der Waals surface area (Å²) in [4.78, 5) is 30.2. The van der Waals surface area contributed by atoms with Crippen LogP contribution in [0.5, 0.6) is 5.75 Å². The van der Waals surface area contributed by atoms with Crippen molar-refractivity contribution in [2.75, 3.05) is 46.0 Å². The van der Waals surface area contributed by atoms with Gasteiger partial charge >= 0.3 is 0 Å². The van der Waals surface area contributed by atoms with E-state index in [1.54, 1.807) is 35.2 Å². The summed E-state index contributed by atoms with van der Waals surface area (Å²) in [6, 6.07) is 13.9. The molecule has 2 aliphatic heterocycles. The summed E-state index contributed by atoms with van der Waals surface area (Å²) in [5.74, 6) is -0.795. The zero-order chi connectivity index (χ0) is 24.8. The van der Waals surface area contributed by atoms with Gasteiger partial charge in [0, 0.05) is 31.7 Å². The highest BCUT2D eigenvalue weighted by atomic mass is 16.5. The number of aliphatic hydroxyl groups excluding tert-OH is 1. The van der Waals surface area contributed by atoms with Crippen molar-refractivity contribution in [2.45, 2.75) is 19.4 Å². The van der Waals surface area contributed by atoms with Crippen molar-refractivity contribution in [2.24, 2.45) is 0 Å². The third-order valence-corrected chi connectivity index (χ3v) is 6.41. The smallest absolute Gasteiger partial charge is 0.295 e. The molecule has 1 N–H and O–H groups in total. The number of hydrogen-bond donors (Lipinski definition) is 1. The molecule has 2 heterocycles. The van der Waals surface area contributed by atoms with Gasteiger partial charge in [-0.1, -0.05) is 42.5 Å². The largest absolute Gasteiger partial charge is 0.507 e. The predicted octanol–water partition coefficient (Wildman–Crippen LogP) is 3.70. The number of carbonyl (C=O) groups is 2. The molecule has 0 spiro atoms. The Morgan fingerprint density at radius 3 is 2.43 bits per heavy atom. The summed E-state index contributed by atoms with van der Waals surface area (Å²) in [7, 11) is 0. The lowest BCUT2D eigenvalue weighted by Crippen LogP contribution is -2.38. The fourth-order valence-corrected chi connectivity index (χ4v) is 4.52. The highest BCUT2D eigenvalue weighted by molar-refractivity contribution is 6.46. The van der Waals surface area contributed by atoms with Gasteiger partial charge in [-0.3, -0.25) is 14.5 Å². The topological polar surface area (TPSA) is 79.3 Å². The van der Waals surface area contributed by atoms with Crippen LogP contribution in [0.2, 0.25) is 0 Å². The van der Waals surface area contributed by atoms with Crippen molar-refractivity contribution < 1.29 is 24.2 Å². The number of ketones is 1. The monoisotopic (exact) mass is 476 g/mol. The van der Waals surface area contributed by atoms with Crippen molar-refractivity contribution >= 4 is 17.4 Å². The molecule has 1 atom stereocenters. The van der Waals surface area contributed by atoms with E-state index in [9.17, 15) is 14.7 Å². The molecule has 0 bridgehead atoms. The molecule has 2 aliphatic rings. The van der Waals surface area contributed by atoms with Crippen LogP contribution in [-0.4, -0.2) is 72.6 Å². The number of rotatable bonds is 9. The number of ether oxygens (including phenoxy) is 2. The van der Waals surface area contributed by atoms with Gasteiger partial charge in [-0.15, -0.1) is 0 Å². The van der Waals surface area contributed by atoms with Crippen molar-refractivity contribution in [3.05, 3.63) is 83.4 Å². The highest BCUT2D eigenvalue weighted by Gasteiger charge is 2.45. The molecule has 4 rings (SSSR count). The second kappa shape index (κ2) is 11.3. The number of benzene rings is 2. The second-order valence-corrected chi connectivity index (χ2v) is 8.83. The SMILES string of the molecule is C=CCOc1ccc(C(O)=C2C(=O)C(=O)N(CCCN3CCOCC3)[C@@H]2c2ccc(C)cc2)cc1. The molecule has 2 aromatic carbocycles. The van der Waals surface area contributed by atoms with Gasteiger partial charge in [0.05, 0.1) is 24.8 Å². The Labute approximate surface area is 206 Å². The number of carbonyl (C=O) groups excluding carboxylic acids is 2. The van der Waals surface area contributed by atoms with Crippen LogP contribution in [0.1, 0.15) is 29.2 Å². The molecule has 0 radical (unpaired) electrons. The maximum atomic E-state index is 13.2. The molecular weight excluding hydrogens is 444 g/mol. The third kappa shape index (κ3) is 5.63. The maximum Gasteiger partial charge on any atom is 0.295 e. The molecule has 1 amide bonds. The normalized spacial score (nSPS) is 20.3. The lowest BCUT2D eigenvalue weighted by Gasteiger charge is -2.29. The third-order valence-electron chi connectivity index (χ3n) is 6.41. The van der Waals surface area contributed by atoms with Crippen LogP contribution in [0.4, 0.5) is 0 Å². The number of aliphatic hydroxyl groups is 1. The average molecular weight is 477 g/mol. The van der Waals surface area contributed by atoms with E-state index in [0.29, 0.717) is 37.7 Å². The minimum atomic E-state index is -0.661. The van der Waals surface area contributed by atoms with E-state index in [0.717, 1.165) is 37.2 Å². The molecule has 2 saturated heterocycles. The van der Waals surface area contributed by atoms with E-state index in [2.05, 4.69) is 11.5 Å². The molecule has 0 saturated carbocycles. The van der Waals surface area contributed by atoms with Gasteiger partial charge < -0.3 is 19.5 Å². The molecule has 2 aromatic rings. The van der Waals surface area contributed by atoms with Gasteiger partial charge in [-0.2, -0.15) is 0 Å².